The molecule has 0 saturated heterocycles. The first-order valence-corrected chi connectivity index (χ1v) is 2.79. The second-order valence-electron chi connectivity index (χ2n) is 1.72. The Kier molecular flexibility index (Phi) is 2.01. The maximum absolute atomic E-state index is 10.7. The number of nitrogens with one attached hydrogen (secondary N) is 2. The van der Waals surface area contributed by atoms with E-state index in [2.05, 4.69) is 10.3 Å². The number of allylic oxidation sites excluding steroid dienone is 1. The number of amides is 1. The Labute approximate surface area is 58.0 Å². The second-order valence-corrected chi connectivity index (χ2v) is 1.72. The zero-order valence-electron chi connectivity index (χ0n) is 5.29. The summed E-state index contributed by atoms with van der Waals surface area (Å²) in [7, 11) is 0. The molecule has 0 aromatic carbocycles. The maximum Gasteiger partial charge on any atom is 0.281 e. The van der Waals surface area contributed by atoms with Crippen molar-refractivity contribution in [2.24, 2.45) is 10.8 Å². The van der Waals surface area contributed by atoms with Crippen molar-refractivity contribution >= 4 is 12.1 Å². The molecule has 1 aliphatic heterocycles. The van der Waals surface area contributed by atoms with Gasteiger partial charge in [0.05, 0.1) is 0 Å². The summed E-state index contributed by atoms with van der Waals surface area (Å²) in [4.78, 5) is 14.5. The molecule has 0 bridgehead atoms. The SMILES string of the molecule is NNC(=O)C1=CC=NCN1. The first kappa shape index (κ1) is 6.76. The molecule has 10 heavy (non-hydrogen) atoms. The van der Waals surface area contributed by atoms with E-state index in [9.17, 15) is 4.79 Å². The summed E-state index contributed by atoms with van der Waals surface area (Å²) in [6, 6.07) is 0. The minimum absolute atomic E-state index is 0.328. The number of aliphatic imine (C=N–C) groups is 1. The summed E-state index contributed by atoms with van der Waals surface area (Å²) in [5.41, 5.74) is 2.45. The van der Waals surface area contributed by atoms with Gasteiger partial charge in [-0.3, -0.25) is 15.2 Å². The Morgan fingerprint density at radius 3 is 3.20 bits per heavy atom. The number of hydrazine groups is 1. The molecule has 0 saturated carbocycles. The van der Waals surface area contributed by atoms with Crippen LogP contribution in [0.2, 0.25) is 0 Å². The van der Waals surface area contributed by atoms with Gasteiger partial charge in [-0.15, -0.1) is 0 Å². The van der Waals surface area contributed by atoms with Crippen molar-refractivity contribution in [3.05, 3.63) is 11.8 Å². The summed E-state index contributed by atoms with van der Waals surface area (Å²) in [5, 5.41) is 2.74. The van der Waals surface area contributed by atoms with E-state index in [0.717, 1.165) is 0 Å². The Bertz CT molecular complexity index is 196. The van der Waals surface area contributed by atoms with Gasteiger partial charge in [-0.25, -0.2) is 5.84 Å². The van der Waals surface area contributed by atoms with E-state index in [-0.39, 0.29) is 5.91 Å². The zero-order chi connectivity index (χ0) is 7.40. The monoisotopic (exact) mass is 140 g/mol. The molecule has 1 amide bonds. The first-order valence-electron chi connectivity index (χ1n) is 2.79. The molecule has 0 aliphatic carbocycles. The van der Waals surface area contributed by atoms with Crippen molar-refractivity contribution in [1.29, 1.82) is 0 Å². The molecule has 1 rings (SSSR count). The van der Waals surface area contributed by atoms with Crippen molar-refractivity contribution in [3.63, 3.8) is 0 Å². The lowest BCUT2D eigenvalue weighted by Gasteiger charge is -2.08. The second kappa shape index (κ2) is 2.98. The standard InChI is InChI=1S/C5H8N4O/c6-9-5(10)4-1-2-7-3-8-4/h1-2,8H,3,6H2,(H,9,10). The highest BCUT2D eigenvalue weighted by atomic mass is 16.2. The minimum atomic E-state index is -0.328. The molecule has 0 atom stereocenters. The van der Waals surface area contributed by atoms with Crippen molar-refractivity contribution in [1.82, 2.24) is 10.7 Å². The van der Waals surface area contributed by atoms with E-state index < -0.39 is 0 Å². The Morgan fingerprint density at radius 1 is 1.90 bits per heavy atom. The molecular weight excluding hydrogens is 132 g/mol. The van der Waals surface area contributed by atoms with Crippen LogP contribution >= 0.6 is 0 Å². The summed E-state index contributed by atoms with van der Waals surface area (Å²) < 4.78 is 0. The molecule has 0 spiro atoms. The lowest BCUT2D eigenvalue weighted by Crippen LogP contribution is -2.37. The van der Waals surface area contributed by atoms with Gasteiger partial charge >= 0.3 is 0 Å². The van der Waals surface area contributed by atoms with Crippen LogP contribution in [0.25, 0.3) is 0 Å². The van der Waals surface area contributed by atoms with E-state index in [0.29, 0.717) is 12.4 Å². The molecule has 5 heteroatoms. The van der Waals surface area contributed by atoms with Gasteiger partial charge in [-0.05, 0) is 6.08 Å². The van der Waals surface area contributed by atoms with Crippen LogP contribution in [0.5, 0.6) is 0 Å². The molecule has 1 aliphatic rings. The smallest absolute Gasteiger partial charge is 0.281 e. The third-order valence-corrected chi connectivity index (χ3v) is 1.08. The summed E-state index contributed by atoms with van der Waals surface area (Å²) in [6.45, 7) is 0.430. The van der Waals surface area contributed by atoms with E-state index in [1.165, 1.54) is 0 Å². The van der Waals surface area contributed by atoms with Gasteiger partial charge in [0.2, 0.25) is 0 Å². The van der Waals surface area contributed by atoms with Crippen LogP contribution in [-0.4, -0.2) is 18.8 Å². The Balaban J connectivity index is 2.62. The van der Waals surface area contributed by atoms with Crippen molar-refractivity contribution < 1.29 is 4.79 Å². The molecule has 54 valence electrons. The summed E-state index contributed by atoms with van der Waals surface area (Å²) in [5.74, 6) is 4.55. The molecule has 0 radical (unpaired) electrons. The van der Waals surface area contributed by atoms with Gasteiger partial charge < -0.3 is 5.32 Å². The number of rotatable bonds is 1. The van der Waals surface area contributed by atoms with Gasteiger partial charge in [0.15, 0.2) is 0 Å². The third-order valence-electron chi connectivity index (χ3n) is 1.08. The van der Waals surface area contributed by atoms with Crippen LogP contribution in [0.4, 0.5) is 0 Å². The zero-order valence-corrected chi connectivity index (χ0v) is 5.29. The number of nitrogens with two attached hydrogens (primary N) is 1. The normalized spacial score (nSPS) is 15.5. The van der Waals surface area contributed by atoms with Crippen LogP contribution in [0.3, 0.4) is 0 Å². The predicted octanol–water partition coefficient (Wildman–Crippen LogP) is -1.51. The fraction of sp³-hybridized carbons (Fsp3) is 0.200. The van der Waals surface area contributed by atoms with Crippen LogP contribution in [-0.2, 0) is 4.79 Å². The van der Waals surface area contributed by atoms with E-state index in [1.54, 1.807) is 12.3 Å². The van der Waals surface area contributed by atoms with Gasteiger partial charge in [-0.2, -0.15) is 0 Å². The van der Waals surface area contributed by atoms with Crippen LogP contribution in [0, 0.1) is 0 Å². The number of carbonyl (C=O) groups excluding carboxylic acids is 1. The average molecular weight is 140 g/mol. The largest absolute Gasteiger partial charge is 0.362 e. The number of nitrogens with zero attached hydrogens (tertiary/aromatic N) is 1. The Morgan fingerprint density at radius 2 is 2.70 bits per heavy atom. The van der Waals surface area contributed by atoms with Crippen LogP contribution in [0.15, 0.2) is 16.8 Å². The molecular formula is C5H8N4O. The van der Waals surface area contributed by atoms with Crippen molar-refractivity contribution in [2.45, 2.75) is 0 Å². The van der Waals surface area contributed by atoms with Gasteiger partial charge in [-0.1, -0.05) is 0 Å². The number of carbonyl (C=O) groups is 1. The molecule has 0 aromatic heterocycles. The van der Waals surface area contributed by atoms with Crippen molar-refractivity contribution in [2.75, 3.05) is 6.67 Å². The molecule has 5 nitrogen and oxygen atoms in total. The number of hydrogen-bond donors (Lipinski definition) is 3. The van der Waals surface area contributed by atoms with E-state index >= 15 is 0 Å². The molecule has 4 N–H and O–H groups in total. The third kappa shape index (κ3) is 1.32. The lowest BCUT2D eigenvalue weighted by molar-refractivity contribution is -0.117. The topological polar surface area (TPSA) is 79.5 Å². The fourth-order valence-corrected chi connectivity index (χ4v) is 0.603. The quantitative estimate of drug-likeness (QED) is 0.235. The van der Waals surface area contributed by atoms with Crippen LogP contribution < -0.4 is 16.6 Å². The van der Waals surface area contributed by atoms with Crippen molar-refractivity contribution in [3.8, 4) is 0 Å². The molecule has 0 unspecified atom stereocenters. The minimum Gasteiger partial charge on any atom is -0.362 e. The van der Waals surface area contributed by atoms with Crippen LogP contribution in [0.1, 0.15) is 0 Å². The summed E-state index contributed by atoms with van der Waals surface area (Å²) >= 11 is 0. The average Bonchev–Trinajstić information content (AvgIpc) is 2.05. The van der Waals surface area contributed by atoms with Gasteiger partial charge in [0, 0.05) is 6.21 Å². The molecule has 1 heterocycles. The maximum atomic E-state index is 10.7. The van der Waals surface area contributed by atoms with Gasteiger partial charge in [0.25, 0.3) is 5.91 Å². The highest BCUT2D eigenvalue weighted by Crippen LogP contribution is 1.90. The van der Waals surface area contributed by atoms with E-state index in [1.807, 2.05) is 5.43 Å². The molecule has 0 aromatic rings. The van der Waals surface area contributed by atoms with Gasteiger partial charge in [0.1, 0.15) is 12.4 Å². The number of hydrogen-bond acceptors (Lipinski definition) is 4. The molecule has 0 fully saturated rings. The summed E-state index contributed by atoms with van der Waals surface area (Å²) in [6.07, 6.45) is 3.12. The Hall–Kier alpha value is -1.36. The van der Waals surface area contributed by atoms with E-state index in [4.69, 9.17) is 5.84 Å². The fourth-order valence-electron chi connectivity index (χ4n) is 0.603. The highest BCUT2D eigenvalue weighted by Gasteiger charge is 2.06. The lowest BCUT2D eigenvalue weighted by atomic mass is 10.3. The predicted molar refractivity (Wildman–Crippen MR) is 36.9 cm³/mol. The highest BCUT2D eigenvalue weighted by molar-refractivity contribution is 5.96. The first-order chi connectivity index (χ1) is 4.84.